The summed E-state index contributed by atoms with van der Waals surface area (Å²) in [6.07, 6.45) is 1.47. The molecule has 2 rings (SSSR count). The highest BCUT2D eigenvalue weighted by Crippen LogP contribution is 2.33. The molecular weight excluding hydrogens is 357 g/mol. The average Bonchev–Trinajstić information content (AvgIpc) is 2.72. The predicted molar refractivity (Wildman–Crippen MR) is 81.2 cm³/mol. The number of rotatable bonds is 4. The van der Waals surface area contributed by atoms with E-state index < -0.39 is 21.4 Å². The van der Waals surface area contributed by atoms with E-state index in [2.05, 4.69) is 4.98 Å². The van der Waals surface area contributed by atoms with Crippen LogP contribution in [0, 0.1) is 6.92 Å². The number of hydrogen-bond acceptors (Lipinski definition) is 5. The Kier molecular flexibility index (Phi) is 4.57. The molecule has 1 heterocycles. The maximum absolute atomic E-state index is 12.4. The van der Waals surface area contributed by atoms with Crippen molar-refractivity contribution in [2.45, 2.75) is 17.6 Å². The fourth-order valence-corrected chi connectivity index (χ4v) is 5.14. The van der Waals surface area contributed by atoms with Crippen LogP contribution in [0.1, 0.15) is 20.2 Å². The van der Waals surface area contributed by atoms with E-state index in [1.165, 1.54) is 29.7 Å². The first-order chi connectivity index (χ1) is 9.72. The van der Waals surface area contributed by atoms with Gasteiger partial charge in [0.05, 0.1) is 31.3 Å². The van der Waals surface area contributed by atoms with Gasteiger partial charge in [0.1, 0.15) is 0 Å². The molecule has 0 saturated carbocycles. The van der Waals surface area contributed by atoms with Crippen LogP contribution in [-0.2, 0) is 15.6 Å². The minimum atomic E-state index is -3.79. The SMILES string of the molecule is Cc1ncc(CS(=O)(=O)c2ccc(Cl)c(C(=O)O)c2Cl)s1. The van der Waals surface area contributed by atoms with Crippen LogP contribution in [0.25, 0.3) is 0 Å². The summed E-state index contributed by atoms with van der Waals surface area (Å²) in [6.45, 7) is 1.76. The van der Waals surface area contributed by atoms with Crippen LogP contribution in [-0.4, -0.2) is 24.5 Å². The number of nitrogens with zero attached hydrogens (tertiary/aromatic N) is 1. The Bertz CT molecular complexity index is 815. The lowest BCUT2D eigenvalue weighted by molar-refractivity contribution is 0.0697. The van der Waals surface area contributed by atoms with Crippen molar-refractivity contribution in [2.75, 3.05) is 0 Å². The van der Waals surface area contributed by atoms with E-state index in [0.29, 0.717) is 4.88 Å². The van der Waals surface area contributed by atoms with Gasteiger partial charge in [-0.1, -0.05) is 23.2 Å². The van der Waals surface area contributed by atoms with Crippen molar-refractivity contribution < 1.29 is 18.3 Å². The van der Waals surface area contributed by atoms with E-state index in [0.717, 1.165) is 5.01 Å². The normalized spacial score (nSPS) is 11.6. The van der Waals surface area contributed by atoms with E-state index in [4.69, 9.17) is 28.3 Å². The van der Waals surface area contributed by atoms with E-state index in [9.17, 15) is 13.2 Å². The monoisotopic (exact) mass is 365 g/mol. The topological polar surface area (TPSA) is 84.3 Å². The fourth-order valence-electron chi connectivity index (χ4n) is 1.71. The number of aryl methyl sites for hydroxylation is 1. The number of halogens is 2. The van der Waals surface area contributed by atoms with Crippen LogP contribution >= 0.6 is 34.5 Å². The van der Waals surface area contributed by atoms with Gasteiger partial charge in [0, 0.05) is 11.1 Å². The molecule has 5 nitrogen and oxygen atoms in total. The molecule has 21 heavy (non-hydrogen) atoms. The van der Waals surface area contributed by atoms with Gasteiger partial charge >= 0.3 is 5.97 Å². The molecule has 112 valence electrons. The van der Waals surface area contributed by atoms with Gasteiger partial charge in [-0.15, -0.1) is 11.3 Å². The molecule has 0 saturated heterocycles. The maximum Gasteiger partial charge on any atom is 0.338 e. The maximum atomic E-state index is 12.4. The number of aromatic nitrogens is 1. The zero-order valence-corrected chi connectivity index (χ0v) is 13.8. The minimum Gasteiger partial charge on any atom is -0.478 e. The smallest absolute Gasteiger partial charge is 0.338 e. The highest BCUT2D eigenvalue weighted by atomic mass is 35.5. The average molecular weight is 366 g/mol. The summed E-state index contributed by atoms with van der Waals surface area (Å²) in [4.78, 5) is 15.4. The van der Waals surface area contributed by atoms with Gasteiger partial charge < -0.3 is 5.11 Å². The van der Waals surface area contributed by atoms with Gasteiger partial charge in [-0.25, -0.2) is 18.2 Å². The number of carboxylic acid groups (broad SMARTS) is 1. The molecule has 0 aliphatic carbocycles. The largest absolute Gasteiger partial charge is 0.478 e. The van der Waals surface area contributed by atoms with Crippen molar-refractivity contribution in [3.63, 3.8) is 0 Å². The van der Waals surface area contributed by atoms with Gasteiger partial charge in [0.15, 0.2) is 9.84 Å². The molecule has 0 atom stereocenters. The van der Waals surface area contributed by atoms with Crippen LogP contribution in [0.15, 0.2) is 23.2 Å². The van der Waals surface area contributed by atoms with Crippen molar-refractivity contribution in [2.24, 2.45) is 0 Å². The summed E-state index contributed by atoms with van der Waals surface area (Å²) in [5, 5.41) is 9.31. The van der Waals surface area contributed by atoms with Crippen LogP contribution in [0.2, 0.25) is 10.0 Å². The first-order valence-electron chi connectivity index (χ1n) is 5.57. The molecule has 0 aliphatic rings. The second-order valence-electron chi connectivity index (χ2n) is 4.14. The first kappa shape index (κ1) is 16.2. The van der Waals surface area contributed by atoms with E-state index in [-0.39, 0.29) is 20.7 Å². The number of benzene rings is 1. The fraction of sp³-hybridized carbons (Fsp3) is 0.167. The standard InChI is InChI=1S/C12H9Cl2NO4S2/c1-6-15-4-7(20-6)5-21(18,19)9-3-2-8(13)10(11(9)14)12(16)17/h2-4H,5H2,1H3,(H,16,17). The number of aromatic carboxylic acids is 1. The summed E-state index contributed by atoms with van der Waals surface area (Å²) >= 11 is 12.9. The first-order valence-corrected chi connectivity index (χ1v) is 8.80. The van der Waals surface area contributed by atoms with Gasteiger partial charge in [-0.05, 0) is 19.1 Å². The van der Waals surface area contributed by atoms with Crippen LogP contribution < -0.4 is 0 Å². The molecule has 0 amide bonds. The quantitative estimate of drug-likeness (QED) is 0.896. The Labute approximate surface area is 135 Å². The lowest BCUT2D eigenvalue weighted by Crippen LogP contribution is -2.08. The summed E-state index contributed by atoms with van der Waals surface area (Å²) in [5.74, 6) is -1.67. The summed E-state index contributed by atoms with van der Waals surface area (Å²) in [7, 11) is -3.79. The number of carbonyl (C=O) groups is 1. The number of hydrogen-bond donors (Lipinski definition) is 1. The molecule has 1 aromatic heterocycles. The molecule has 0 unspecified atom stereocenters. The molecule has 2 aromatic rings. The molecule has 0 radical (unpaired) electrons. The molecule has 0 bridgehead atoms. The number of sulfone groups is 1. The van der Waals surface area contributed by atoms with Gasteiger partial charge in [0.25, 0.3) is 0 Å². The van der Waals surface area contributed by atoms with E-state index >= 15 is 0 Å². The summed E-state index contributed by atoms with van der Waals surface area (Å²) < 4.78 is 24.8. The number of thiazole rings is 1. The van der Waals surface area contributed by atoms with Gasteiger partial charge in [0.2, 0.25) is 0 Å². The lowest BCUT2D eigenvalue weighted by atomic mass is 10.2. The second kappa shape index (κ2) is 5.92. The van der Waals surface area contributed by atoms with Gasteiger partial charge in [-0.3, -0.25) is 0 Å². The molecule has 1 aromatic carbocycles. The lowest BCUT2D eigenvalue weighted by Gasteiger charge is -2.09. The van der Waals surface area contributed by atoms with Gasteiger partial charge in [-0.2, -0.15) is 0 Å². The molecule has 0 fully saturated rings. The molecule has 0 aliphatic heterocycles. The molecule has 0 spiro atoms. The Hall–Kier alpha value is -1.15. The third kappa shape index (κ3) is 3.37. The molecular formula is C12H9Cl2NO4S2. The van der Waals surface area contributed by atoms with Crippen molar-refractivity contribution in [3.05, 3.63) is 43.8 Å². The zero-order chi connectivity index (χ0) is 15.8. The Morgan fingerprint density at radius 1 is 1.38 bits per heavy atom. The van der Waals surface area contributed by atoms with Crippen LogP contribution in [0.3, 0.4) is 0 Å². The van der Waals surface area contributed by atoms with Crippen molar-refractivity contribution in [1.29, 1.82) is 0 Å². The Morgan fingerprint density at radius 3 is 2.57 bits per heavy atom. The second-order valence-corrected chi connectivity index (χ2v) is 8.21. The highest BCUT2D eigenvalue weighted by Gasteiger charge is 2.25. The van der Waals surface area contributed by atoms with Crippen molar-refractivity contribution in [3.8, 4) is 0 Å². The summed E-state index contributed by atoms with van der Waals surface area (Å²) in [5.41, 5.74) is -0.417. The van der Waals surface area contributed by atoms with Crippen molar-refractivity contribution in [1.82, 2.24) is 4.98 Å². The van der Waals surface area contributed by atoms with Crippen LogP contribution in [0.4, 0.5) is 0 Å². The van der Waals surface area contributed by atoms with Crippen LogP contribution in [0.5, 0.6) is 0 Å². The molecule has 9 heteroatoms. The van der Waals surface area contributed by atoms with E-state index in [1.807, 2.05) is 0 Å². The number of carboxylic acids is 1. The van der Waals surface area contributed by atoms with E-state index in [1.54, 1.807) is 6.92 Å². The minimum absolute atomic E-state index is 0.111. The van der Waals surface area contributed by atoms with Crippen molar-refractivity contribution >= 4 is 50.3 Å². The predicted octanol–water partition coefficient (Wildman–Crippen LogP) is 3.43. The summed E-state index contributed by atoms with van der Waals surface area (Å²) in [6, 6.07) is 2.42. The zero-order valence-electron chi connectivity index (χ0n) is 10.6. The third-order valence-corrected chi connectivity index (χ3v) is 6.22. The molecule has 1 N–H and O–H groups in total. The Balaban J connectivity index is 2.50. The highest BCUT2D eigenvalue weighted by molar-refractivity contribution is 7.91. The Morgan fingerprint density at radius 2 is 2.05 bits per heavy atom. The third-order valence-electron chi connectivity index (χ3n) is 2.61.